The van der Waals surface area contributed by atoms with Crippen LogP contribution in [0.5, 0.6) is 0 Å². The molecular formula is C18H28N4OS. The third kappa shape index (κ3) is 5.13. The first kappa shape index (κ1) is 17.6. The lowest BCUT2D eigenvalue weighted by atomic mass is 9.96. The van der Waals surface area contributed by atoms with Gasteiger partial charge in [-0.15, -0.1) is 0 Å². The Balaban J connectivity index is 1.56. The molecule has 0 bridgehead atoms. The van der Waals surface area contributed by atoms with Crippen LogP contribution in [-0.2, 0) is 4.74 Å². The molecule has 0 aromatic carbocycles. The maximum atomic E-state index is 5.52. The number of thiocarbonyl (C=S) groups is 1. The van der Waals surface area contributed by atoms with Crippen molar-refractivity contribution < 1.29 is 4.74 Å². The first-order valence-electron chi connectivity index (χ1n) is 9.09. The highest BCUT2D eigenvalue weighted by Gasteiger charge is 2.23. The molecule has 1 aliphatic carbocycles. The normalized spacial score (nSPS) is 21.2. The summed E-state index contributed by atoms with van der Waals surface area (Å²) in [6.45, 7) is 4.28. The highest BCUT2D eigenvalue weighted by atomic mass is 32.1. The van der Waals surface area contributed by atoms with Crippen molar-refractivity contribution in [2.45, 2.75) is 44.2 Å². The average molecular weight is 349 g/mol. The van der Waals surface area contributed by atoms with Gasteiger partial charge in [0.1, 0.15) is 0 Å². The van der Waals surface area contributed by atoms with Gasteiger partial charge in [0, 0.05) is 38.1 Å². The van der Waals surface area contributed by atoms with Gasteiger partial charge in [-0.3, -0.25) is 9.88 Å². The predicted molar refractivity (Wildman–Crippen MR) is 100.0 cm³/mol. The molecule has 2 heterocycles. The molecular weight excluding hydrogens is 320 g/mol. The summed E-state index contributed by atoms with van der Waals surface area (Å²) in [6, 6.07) is 4.96. The first-order chi connectivity index (χ1) is 11.8. The van der Waals surface area contributed by atoms with Crippen molar-refractivity contribution >= 4 is 17.3 Å². The summed E-state index contributed by atoms with van der Waals surface area (Å²) in [7, 11) is 0. The molecule has 2 N–H and O–H groups in total. The van der Waals surface area contributed by atoms with Gasteiger partial charge in [-0.2, -0.15) is 0 Å². The molecule has 2 aliphatic rings. The Labute approximate surface area is 150 Å². The molecule has 1 atom stereocenters. The second kappa shape index (κ2) is 9.30. The van der Waals surface area contributed by atoms with E-state index in [0.717, 1.165) is 38.0 Å². The van der Waals surface area contributed by atoms with Crippen LogP contribution in [0.25, 0.3) is 0 Å². The van der Waals surface area contributed by atoms with Gasteiger partial charge in [-0.05, 0) is 36.7 Å². The molecule has 1 aliphatic heterocycles. The zero-order valence-corrected chi connectivity index (χ0v) is 15.1. The summed E-state index contributed by atoms with van der Waals surface area (Å²) >= 11 is 5.52. The monoisotopic (exact) mass is 348 g/mol. The predicted octanol–water partition coefficient (Wildman–Crippen LogP) is 2.25. The lowest BCUT2D eigenvalue weighted by Gasteiger charge is -2.35. The number of hydrogen-bond donors (Lipinski definition) is 2. The largest absolute Gasteiger partial charge is 0.379 e. The Bertz CT molecular complexity index is 501. The number of nitrogens with one attached hydrogen (secondary N) is 2. The minimum atomic E-state index is 0.272. The first-order valence-corrected chi connectivity index (χ1v) is 9.50. The molecule has 3 rings (SSSR count). The van der Waals surface area contributed by atoms with E-state index in [-0.39, 0.29) is 6.04 Å². The maximum absolute atomic E-state index is 5.52. The topological polar surface area (TPSA) is 49.4 Å². The number of aromatic nitrogens is 1. The summed E-state index contributed by atoms with van der Waals surface area (Å²) in [5, 5.41) is 7.71. The molecule has 0 radical (unpaired) electrons. The number of morpholine rings is 1. The van der Waals surface area contributed by atoms with E-state index in [1.54, 1.807) is 0 Å². The Morgan fingerprint density at radius 2 is 2.08 bits per heavy atom. The third-order valence-electron chi connectivity index (χ3n) is 4.95. The number of nitrogens with zero attached hydrogens (tertiary/aromatic N) is 2. The van der Waals surface area contributed by atoms with Crippen LogP contribution in [0.15, 0.2) is 24.5 Å². The minimum Gasteiger partial charge on any atom is -0.379 e. The van der Waals surface area contributed by atoms with E-state index >= 15 is 0 Å². The van der Waals surface area contributed by atoms with Crippen molar-refractivity contribution in [3.8, 4) is 0 Å². The van der Waals surface area contributed by atoms with Crippen molar-refractivity contribution in [1.29, 1.82) is 0 Å². The van der Waals surface area contributed by atoms with Crippen molar-refractivity contribution in [1.82, 2.24) is 20.5 Å². The fourth-order valence-corrected chi connectivity index (χ4v) is 3.84. The second-order valence-corrected chi connectivity index (χ2v) is 7.05. The maximum Gasteiger partial charge on any atom is 0.166 e. The van der Waals surface area contributed by atoms with Crippen LogP contribution in [0.3, 0.4) is 0 Å². The smallest absolute Gasteiger partial charge is 0.166 e. The van der Waals surface area contributed by atoms with E-state index in [0.29, 0.717) is 6.04 Å². The van der Waals surface area contributed by atoms with Crippen molar-refractivity contribution in [3.63, 3.8) is 0 Å². The zero-order valence-electron chi connectivity index (χ0n) is 14.2. The third-order valence-corrected chi connectivity index (χ3v) is 5.21. The van der Waals surface area contributed by atoms with E-state index in [9.17, 15) is 0 Å². The quantitative estimate of drug-likeness (QED) is 0.796. The van der Waals surface area contributed by atoms with Gasteiger partial charge in [0.2, 0.25) is 0 Å². The van der Waals surface area contributed by atoms with Crippen molar-refractivity contribution in [2.24, 2.45) is 0 Å². The van der Waals surface area contributed by atoms with E-state index < -0.39 is 0 Å². The number of hydrogen-bond acceptors (Lipinski definition) is 4. The Morgan fingerprint density at radius 3 is 2.79 bits per heavy atom. The van der Waals surface area contributed by atoms with Gasteiger partial charge < -0.3 is 15.4 Å². The second-order valence-electron chi connectivity index (χ2n) is 6.64. The zero-order chi connectivity index (χ0) is 16.6. The Hall–Kier alpha value is -1.24. The molecule has 0 amide bonds. The fourth-order valence-electron chi connectivity index (χ4n) is 3.59. The van der Waals surface area contributed by atoms with Crippen LogP contribution < -0.4 is 10.6 Å². The van der Waals surface area contributed by atoms with Crippen LogP contribution in [0.1, 0.15) is 43.7 Å². The lowest BCUT2D eigenvalue weighted by molar-refractivity contribution is 0.0169. The molecule has 24 heavy (non-hydrogen) atoms. The molecule has 0 spiro atoms. The number of rotatable bonds is 5. The molecule has 132 valence electrons. The molecule has 0 unspecified atom stereocenters. The van der Waals surface area contributed by atoms with Gasteiger partial charge in [0.15, 0.2) is 5.11 Å². The van der Waals surface area contributed by atoms with Crippen LogP contribution >= 0.6 is 12.2 Å². The van der Waals surface area contributed by atoms with E-state index in [1.807, 2.05) is 18.5 Å². The number of ether oxygens (including phenoxy) is 1. The molecule has 1 saturated heterocycles. The van der Waals surface area contributed by atoms with Crippen LogP contribution in [-0.4, -0.2) is 53.9 Å². The summed E-state index contributed by atoms with van der Waals surface area (Å²) in [6.07, 6.45) is 10.2. The average Bonchev–Trinajstić information content (AvgIpc) is 2.64. The van der Waals surface area contributed by atoms with Gasteiger partial charge in [0.25, 0.3) is 0 Å². The summed E-state index contributed by atoms with van der Waals surface area (Å²) in [5.74, 6) is 0. The van der Waals surface area contributed by atoms with E-state index in [4.69, 9.17) is 17.0 Å². The SMILES string of the molecule is S=C(NC[C@H](c1cccnc1)N1CCOCC1)NC1CCCCC1. The molecule has 1 saturated carbocycles. The molecule has 5 nitrogen and oxygen atoms in total. The molecule has 1 aromatic heterocycles. The molecule has 2 fully saturated rings. The van der Waals surface area contributed by atoms with Crippen molar-refractivity contribution in [3.05, 3.63) is 30.1 Å². The summed E-state index contributed by atoms with van der Waals surface area (Å²) < 4.78 is 5.50. The van der Waals surface area contributed by atoms with E-state index in [2.05, 4.69) is 26.6 Å². The summed E-state index contributed by atoms with van der Waals surface area (Å²) in [5.41, 5.74) is 1.23. The standard InChI is InChI=1S/C18H28N4OS/c24-18(21-16-6-2-1-3-7-16)20-14-17(15-5-4-8-19-13-15)22-9-11-23-12-10-22/h4-5,8,13,16-17H,1-3,6-7,9-12,14H2,(H2,20,21,24)/t17-/m1/s1. The molecule has 1 aromatic rings. The van der Waals surface area contributed by atoms with Crippen LogP contribution in [0, 0.1) is 0 Å². The summed E-state index contributed by atoms with van der Waals surface area (Å²) in [4.78, 5) is 6.74. The highest BCUT2D eigenvalue weighted by molar-refractivity contribution is 7.80. The van der Waals surface area contributed by atoms with E-state index in [1.165, 1.54) is 37.7 Å². The van der Waals surface area contributed by atoms with Crippen LogP contribution in [0.4, 0.5) is 0 Å². The number of pyridine rings is 1. The Kier molecular flexibility index (Phi) is 6.81. The lowest BCUT2D eigenvalue weighted by Crippen LogP contribution is -2.47. The molecule has 6 heteroatoms. The Morgan fingerprint density at radius 1 is 1.29 bits per heavy atom. The van der Waals surface area contributed by atoms with Gasteiger partial charge in [-0.1, -0.05) is 25.3 Å². The van der Waals surface area contributed by atoms with Gasteiger partial charge in [0.05, 0.1) is 19.3 Å². The fraction of sp³-hybridized carbons (Fsp3) is 0.667. The van der Waals surface area contributed by atoms with Crippen LogP contribution in [0.2, 0.25) is 0 Å². The van der Waals surface area contributed by atoms with Gasteiger partial charge >= 0.3 is 0 Å². The van der Waals surface area contributed by atoms with Gasteiger partial charge in [-0.25, -0.2) is 0 Å². The van der Waals surface area contributed by atoms with Crippen molar-refractivity contribution in [2.75, 3.05) is 32.8 Å². The highest BCUT2D eigenvalue weighted by Crippen LogP contribution is 2.21. The minimum absolute atomic E-state index is 0.272.